The molecule has 1 rings (SSSR count). The Labute approximate surface area is 117 Å². The lowest BCUT2D eigenvalue weighted by molar-refractivity contribution is -0.0906. The maximum absolute atomic E-state index is 5.78. The Morgan fingerprint density at radius 3 is 1.72 bits per heavy atom. The summed E-state index contributed by atoms with van der Waals surface area (Å²) in [7, 11) is 0. The summed E-state index contributed by atoms with van der Waals surface area (Å²) in [6.07, 6.45) is 0. The van der Waals surface area contributed by atoms with Crippen molar-refractivity contribution >= 4 is 15.9 Å². The lowest BCUT2D eigenvalue weighted by Gasteiger charge is -2.27. The van der Waals surface area contributed by atoms with Crippen LogP contribution in [0, 0.1) is 0 Å². The Kier molecular flexibility index (Phi) is 9.18. The Morgan fingerprint density at radius 1 is 0.778 bits per heavy atom. The van der Waals surface area contributed by atoms with Gasteiger partial charge in [-0.05, 0) is 6.92 Å². The fourth-order valence-electron chi connectivity index (χ4n) is 1.41. The molecular weight excluding hydrogens is 304 g/mol. The van der Waals surface area contributed by atoms with E-state index in [0.717, 1.165) is 5.33 Å². The maximum Gasteiger partial charge on any atom is 0.0984 e. The zero-order chi connectivity index (χ0) is 13.1. The molecule has 0 aliphatic carbocycles. The van der Waals surface area contributed by atoms with Crippen LogP contribution in [0.2, 0.25) is 0 Å². The van der Waals surface area contributed by atoms with E-state index in [1.807, 2.05) is 6.92 Å². The topological polar surface area (TPSA) is 46.2 Å². The van der Waals surface area contributed by atoms with Crippen LogP contribution >= 0.6 is 15.9 Å². The molecule has 0 aromatic carbocycles. The zero-order valence-corrected chi connectivity index (χ0v) is 12.6. The summed E-state index contributed by atoms with van der Waals surface area (Å²) in [6.45, 7) is 7.21. The molecule has 1 atom stereocenters. The Morgan fingerprint density at radius 2 is 1.22 bits per heavy atom. The number of alkyl halides is 1. The van der Waals surface area contributed by atoms with Crippen molar-refractivity contribution < 1.29 is 23.7 Å². The molecule has 0 aromatic rings. The fraction of sp³-hybridized carbons (Fsp3) is 1.00. The molecule has 1 heterocycles. The molecule has 1 fully saturated rings. The minimum absolute atomic E-state index is 0.319. The van der Waals surface area contributed by atoms with Crippen LogP contribution in [0.5, 0.6) is 0 Å². The number of halogens is 1. The van der Waals surface area contributed by atoms with Crippen molar-refractivity contribution in [2.45, 2.75) is 12.5 Å². The minimum atomic E-state index is -0.319. The summed E-state index contributed by atoms with van der Waals surface area (Å²) in [5.74, 6) is 0. The summed E-state index contributed by atoms with van der Waals surface area (Å²) < 4.78 is 27.4. The van der Waals surface area contributed by atoms with E-state index in [1.54, 1.807) is 0 Å². The molecule has 1 aliphatic heterocycles. The van der Waals surface area contributed by atoms with Gasteiger partial charge in [-0.3, -0.25) is 0 Å². The number of hydrogen-bond acceptors (Lipinski definition) is 5. The molecule has 0 aromatic heterocycles. The summed E-state index contributed by atoms with van der Waals surface area (Å²) in [5.41, 5.74) is -0.319. The molecule has 0 bridgehead atoms. The van der Waals surface area contributed by atoms with Crippen molar-refractivity contribution in [3.63, 3.8) is 0 Å². The van der Waals surface area contributed by atoms with E-state index in [1.165, 1.54) is 0 Å². The second-order valence-corrected chi connectivity index (χ2v) is 4.88. The molecule has 1 saturated heterocycles. The largest absolute Gasteiger partial charge is 0.377 e. The van der Waals surface area contributed by atoms with Gasteiger partial charge in [-0.2, -0.15) is 0 Å². The predicted molar refractivity (Wildman–Crippen MR) is 71.4 cm³/mol. The van der Waals surface area contributed by atoms with E-state index in [9.17, 15) is 0 Å². The zero-order valence-electron chi connectivity index (χ0n) is 11.0. The van der Waals surface area contributed by atoms with E-state index in [-0.39, 0.29) is 5.60 Å². The third kappa shape index (κ3) is 7.66. The Bertz CT molecular complexity index is 187. The summed E-state index contributed by atoms with van der Waals surface area (Å²) in [4.78, 5) is 0. The van der Waals surface area contributed by atoms with Crippen molar-refractivity contribution in [1.29, 1.82) is 0 Å². The van der Waals surface area contributed by atoms with Crippen molar-refractivity contribution in [2.24, 2.45) is 0 Å². The van der Waals surface area contributed by atoms with Crippen LogP contribution in [-0.2, 0) is 23.7 Å². The molecule has 1 unspecified atom stereocenters. The van der Waals surface area contributed by atoms with Gasteiger partial charge in [-0.25, -0.2) is 0 Å². The van der Waals surface area contributed by atoms with Crippen LogP contribution in [0.3, 0.4) is 0 Å². The highest BCUT2D eigenvalue weighted by molar-refractivity contribution is 9.09. The third-order valence-corrected chi connectivity index (χ3v) is 3.67. The molecule has 6 heteroatoms. The van der Waals surface area contributed by atoms with Crippen LogP contribution in [0.15, 0.2) is 0 Å². The highest BCUT2D eigenvalue weighted by atomic mass is 79.9. The molecule has 0 spiro atoms. The molecule has 5 nitrogen and oxygen atoms in total. The van der Waals surface area contributed by atoms with Gasteiger partial charge in [-0.15, -0.1) is 0 Å². The standard InChI is InChI=1S/C12H23BrO5/c1-12(10-13)11-17-7-6-15-3-2-14-4-5-16-8-9-18-12/h2-11H2,1H3. The SMILES string of the molecule is CC1(CBr)COCCOCCOCCOCCO1. The smallest absolute Gasteiger partial charge is 0.0984 e. The molecule has 0 amide bonds. The lowest BCUT2D eigenvalue weighted by Crippen LogP contribution is -2.38. The first-order valence-electron chi connectivity index (χ1n) is 6.28. The predicted octanol–water partition coefficient (Wildman–Crippen LogP) is 1.24. The number of rotatable bonds is 1. The van der Waals surface area contributed by atoms with Crippen molar-refractivity contribution in [3.05, 3.63) is 0 Å². The van der Waals surface area contributed by atoms with E-state index in [2.05, 4.69) is 15.9 Å². The summed E-state index contributed by atoms with van der Waals surface area (Å²) >= 11 is 3.45. The quantitative estimate of drug-likeness (QED) is 0.678. The number of ether oxygens (including phenoxy) is 5. The van der Waals surface area contributed by atoms with Crippen molar-refractivity contribution in [3.8, 4) is 0 Å². The van der Waals surface area contributed by atoms with Crippen molar-refractivity contribution in [1.82, 2.24) is 0 Å². The van der Waals surface area contributed by atoms with Gasteiger partial charge in [0.05, 0.1) is 65.1 Å². The van der Waals surface area contributed by atoms with Crippen LogP contribution in [0.4, 0.5) is 0 Å². The van der Waals surface area contributed by atoms with Crippen LogP contribution in [-0.4, -0.2) is 70.4 Å². The fourth-order valence-corrected chi connectivity index (χ4v) is 1.74. The monoisotopic (exact) mass is 326 g/mol. The van der Waals surface area contributed by atoms with Gasteiger partial charge in [-0.1, -0.05) is 15.9 Å². The maximum atomic E-state index is 5.78. The first kappa shape index (κ1) is 16.3. The Balaban J connectivity index is 2.29. The molecule has 0 saturated carbocycles. The van der Waals surface area contributed by atoms with Crippen LogP contribution in [0.1, 0.15) is 6.92 Å². The average molecular weight is 327 g/mol. The van der Waals surface area contributed by atoms with Crippen molar-refractivity contribution in [2.75, 3.05) is 64.8 Å². The minimum Gasteiger partial charge on any atom is -0.377 e. The van der Waals surface area contributed by atoms with Crippen LogP contribution < -0.4 is 0 Å². The molecule has 18 heavy (non-hydrogen) atoms. The van der Waals surface area contributed by atoms with Gasteiger partial charge in [0.15, 0.2) is 0 Å². The highest BCUT2D eigenvalue weighted by Crippen LogP contribution is 2.14. The second-order valence-electron chi connectivity index (χ2n) is 4.32. The lowest BCUT2D eigenvalue weighted by atomic mass is 10.1. The molecule has 0 N–H and O–H groups in total. The van der Waals surface area contributed by atoms with E-state index >= 15 is 0 Å². The number of hydrogen-bond donors (Lipinski definition) is 0. The van der Waals surface area contributed by atoms with Gasteiger partial charge < -0.3 is 23.7 Å². The van der Waals surface area contributed by atoms with Gasteiger partial charge in [0.2, 0.25) is 0 Å². The van der Waals surface area contributed by atoms with E-state index < -0.39 is 0 Å². The van der Waals surface area contributed by atoms with Gasteiger partial charge >= 0.3 is 0 Å². The summed E-state index contributed by atoms with van der Waals surface area (Å²) in [5, 5.41) is 0.726. The highest BCUT2D eigenvalue weighted by Gasteiger charge is 2.24. The molecule has 0 radical (unpaired) electrons. The van der Waals surface area contributed by atoms with E-state index in [0.29, 0.717) is 59.5 Å². The molecular formula is C12H23BrO5. The summed E-state index contributed by atoms with van der Waals surface area (Å²) in [6, 6.07) is 0. The second kappa shape index (κ2) is 10.1. The first-order chi connectivity index (χ1) is 8.77. The molecule has 1 aliphatic rings. The van der Waals surface area contributed by atoms with Crippen LogP contribution in [0.25, 0.3) is 0 Å². The van der Waals surface area contributed by atoms with Gasteiger partial charge in [0.25, 0.3) is 0 Å². The first-order valence-corrected chi connectivity index (χ1v) is 7.40. The Hall–Kier alpha value is 0.280. The van der Waals surface area contributed by atoms with Gasteiger partial charge in [0, 0.05) is 5.33 Å². The average Bonchev–Trinajstić information content (AvgIpc) is 2.39. The normalized spacial score (nSPS) is 30.3. The van der Waals surface area contributed by atoms with E-state index in [4.69, 9.17) is 23.7 Å². The molecule has 108 valence electrons. The van der Waals surface area contributed by atoms with Gasteiger partial charge in [0.1, 0.15) is 0 Å². The third-order valence-electron chi connectivity index (χ3n) is 2.48.